The monoisotopic (exact) mass is 252 g/mol. The average molecular weight is 252 g/mol. The Morgan fingerprint density at radius 1 is 1.28 bits per heavy atom. The summed E-state index contributed by atoms with van der Waals surface area (Å²) in [6.45, 7) is 3.62. The van der Waals surface area contributed by atoms with Crippen molar-refractivity contribution in [1.29, 1.82) is 0 Å². The Balaban J connectivity index is 1.98. The van der Waals surface area contributed by atoms with E-state index in [4.69, 9.17) is 5.73 Å². The zero-order chi connectivity index (χ0) is 13.0. The zero-order valence-electron chi connectivity index (χ0n) is 11.7. The second-order valence-electron chi connectivity index (χ2n) is 6.01. The van der Waals surface area contributed by atoms with Crippen molar-refractivity contribution in [2.24, 2.45) is 17.6 Å². The summed E-state index contributed by atoms with van der Waals surface area (Å²) in [5.41, 5.74) is 5.78. The molecule has 2 fully saturated rings. The number of carbonyl (C=O) groups is 1. The van der Waals surface area contributed by atoms with E-state index in [-0.39, 0.29) is 5.92 Å². The largest absolute Gasteiger partial charge is 0.339 e. The van der Waals surface area contributed by atoms with Crippen LogP contribution in [0.2, 0.25) is 0 Å². The Hall–Kier alpha value is -0.570. The first kappa shape index (κ1) is 13.9. The molecule has 0 aromatic heterocycles. The third-order valence-corrected chi connectivity index (χ3v) is 4.80. The van der Waals surface area contributed by atoms with Crippen LogP contribution in [0, 0.1) is 11.8 Å². The number of rotatable bonds is 5. The number of hydrogen-bond acceptors (Lipinski definition) is 2. The molecule has 2 atom stereocenters. The zero-order valence-corrected chi connectivity index (χ0v) is 11.7. The molecule has 1 saturated carbocycles. The van der Waals surface area contributed by atoms with Gasteiger partial charge >= 0.3 is 0 Å². The van der Waals surface area contributed by atoms with Crippen molar-refractivity contribution in [1.82, 2.24) is 4.90 Å². The molecule has 1 aliphatic carbocycles. The van der Waals surface area contributed by atoms with Gasteiger partial charge in [0, 0.05) is 19.1 Å². The number of hydrogen-bond donors (Lipinski definition) is 1. The molecular formula is C15H28N2O. The van der Waals surface area contributed by atoms with E-state index in [2.05, 4.69) is 11.8 Å². The summed E-state index contributed by atoms with van der Waals surface area (Å²) < 4.78 is 0. The molecular weight excluding hydrogens is 224 g/mol. The van der Waals surface area contributed by atoms with Gasteiger partial charge in [0.25, 0.3) is 0 Å². The van der Waals surface area contributed by atoms with Crippen LogP contribution in [0.25, 0.3) is 0 Å². The van der Waals surface area contributed by atoms with E-state index in [1.807, 2.05) is 0 Å². The maximum absolute atomic E-state index is 12.6. The molecule has 0 bridgehead atoms. The molecule has 18 heavy (non-hydrogen) atoms. The predicted molar refractivity (Wildman–Crippen MR) is 74.1 cm³/mol. The number of carbonyl (C=O) groups excluding carboxylic acids is 1. The van der Waals surface area contributed by atoms with Gasteiger partial charge in [0.1, 0.15) is 0 Å². The summed E-state index contributed by atoms with van der Waals surface area (Å²) >= 11 is 0. The first-order valence-corrected chi connectivity index (χ1v) is 7.78. The second-order valence-corrected chi connectivity index (χ2v) is 6.01. The van der Waals surface area contributed by atoms with Crippen LogP contribution in [0.3, 0.4) is 0 Å². The summed E-state index contributed by atoms with van der Waals surface area (Å²) in [6.07, 6.45) is 9.79. The molecule has 2 aliphatic rings. The average Bonchev–Trinajstić information content (AvgIpc) is 3.03. The summed E-state index contributed by atoms with van der Waals surface area (Å²) in [4.78, 5) is 14.8. The van der Waals surface area contributed by atoms with Gasteiger partial charge in [0.2, 0.25) is 5.91 Å². The lowest BCUT2D eigenvalue weighted by molar-refractivity contribution is -0.137. The molecule has 2 N–H and O–H groups in total. The molecule has 1 aliphatic heterocycles. The van der Waals surface area contributed by atoms with Gasteiger partial charge in [0.15, 0.2) is 0 Å². The SMILES string of the molecule is CCCC(CN)C(=O)N1CCCC1C1CCCC1. The minimum Gasteiger partial charge on any atom is -0.339 e. The molecule has 104 valence electrons. The molecule has 0 spiro atoms. The Morgan fingerprint density at radius 2 is 2.00 bits per heavy atom. The van der Waals surface area contributed by atoms with Crippen molar-refractivity contribution in [2.75, 3.05) is 13.1 Å². The van der Waals surface area contributed by atoms with Crippen molar-refractivity contribution in [3.63, 3.8) is 0 Å². The van der Waals surface area contributed by atoms with Crippen LogP contribution in [-0.4, -0.2) is 29.9 Å². The Labute approximate surface area is 111 Å². The van der Waals surface area contributed by atoms with Gasteiger partial charge in [0.05, 0.1) is 5.92 Å². The molecule has 1 amide bonds. The van der Waals surface area contributed by atoms with Crippen LogP contribution in [0.4, 0.5) is 0 Å². The van der Waals surface area contributed by atoms with E-state index in [0.717, 1.165) is 25.3 Å². The van der Waals surface area contributed by atoms with Crippen molar-refractivity contribution in [2.45, 2.75) is 64.3 Å². The van der Waals surface area contributed by atoms with Crippen molar-refractivity contribution in [3.05, 3.63) is 0 Å². The third-order valence-electron chi connectivity index (χ3n) is 4.80. The van der Waals surface area contributed by atoms with E-state index < -0.39 is 0 Å². The van der Waals surface area contributed by atoms with Crippen molar-refractivity contribution >= 4 is 5.91 Å². The lowest BCUT2D eigenvalue weighted by atomic mass is 9.94. The number of nitrogens with two attached hydrogens (primary N) is 1. The highest BCUT2D eigenvalue weighted by Gasteiger charge is 2.37. The molecule has 3 heteroatoms. The van der Waals surface area contributed by atoms with Gasteiger partial charge in [-0.2, -0.15) is 0 Å². The lowest BCUT2D eigenvalue weighted by Crippen LogP contribution is -2.44. The minimum atomic E-state index is 0.0667. The standard InChI is InChI=1S/C15H28N2O/c1-2-6-13(11-16)15(18)17-10-5-9-14(17)12-7-3-4-8-12/h12-14H,2-11,16H2,1H3. The third kappa shape index (κ3) is 2.87. The van der Waals surface area contributed by atoms with Crippen LogP contribution in [0.1, 0.15) is 58.3 Å². The van der Waals surface area contributed by atoms with Crippen molar-refractivity contribution < 1.29 is 4.79 Å². The van der Waals surface area contributed by atoms with E-state index in [0.29, 0.717) is 18.5 Å². The van der Waals surface area contributed by atoms with E-state index in [1.54, 1.807) is 0 Å². The molecule has 0 aromatic carbocycles. The van der Waals surface area contributed by atoms with Gasteiger partial charge < -0.3 is 10.6 Å². The Morgan fingerprint density at radius 3 is 2.61 bits per heavy atom. The van der Waals surface area contributed by atoms with Gasteiger partial charge in [-0.3, -0.25) is 4.79 Å². The van der Waals surface area contributed by atoms with Gasteiger partial charge in [-0.1, -0.05) is 26.2 Å². The fourth-order valence-electron chi connectivity index (χ4n) is 3.82. The van der Waals surface area contributed by atoms with E-state index in [9.17, 15) is 4.79 Å². The maximum Gasteiger partial charge on any atom is 0.227 e. The molecule has 1 saturated heterocycles. The minimum absolute atomic E-state index is 0.0667. The van der Waals surface area contributed by atoms with Gasteiger partial charge in [-0.05, 0) is 38.0 Å². The topological polar surface area (TPSA) is 46.3 Å². The predicted octanol–water partition coefficient (Wildman–Crippen LogP) is 2.54. The highest BCUT2D eigenvalue weighted by molar-refractivity contribution is 5.79. The first-order chi connectivity index (χ1) is 8.77. The quantitative estimate of drug-likeness (QED) is 0.817. The van der Waals surface area contributed by atoms with E-state index in [1.165, 1.54) is 38.5 Å². The fraction of sp³-hybridized carbons (Fsp3) is 0.933. The number of nitrogens with zero attached hydrogens (tertiary/aromatic N) is 1. The fourth-order valence-corrected chi connectivity index (χ4v) is 3.82. The smallest absolute Gasteiger partial charge is 0.227 e. The second kappa shape index (κ2) is 6.55. The number of likely N-dealkylation sites (tertiary alicyclic amines) is 1. The molecule has 1 heterocycles. The van der Waals surface area contributed by atoms with Crippen LogP contribution in [0.15, 0.2) is 0 Å². The molecule has 0 radical (unpaired) electrons. The summed E-state index contributed by atoms with van der Waals surface area (Å²) in [7, 11) is 0. The summed E-state index contributed by atoms with van der Waals surface area (Å²) in [6, 6.07) is 0.533. The lowest BCUT2D eigenvalue weighted by Gasteiger charge is -2.32. The van der Waals surface area contributed by atoms with Gasteiger partial charge in [-0.15, -0.1) is 0 Å². The normalized spacial score (nSPS) is 26.8. The van der Waals surface area contributed by atoms with Crippen LogP contribution in [0.5, 0.6) is 0 Å². The van der Waals surface area contributed by atoms with Crippen LogP contribution in [-0.2, 0) is 4.79 Å². The maximum atomic E-state index is 12.6. The molecule has 2 rings (SSSR count). The highest BCUT2D eigenvalue weighted by atomic mass is 16.2. The Kier molecular flexibility index (Phi) is 5.04. The van der Waals surface area contributed by atoms with Gasteiger partial charge in [-0.25, -0.2) is 0 Å². The van der Waals surface area contributed by atoms with Crippen LogP contribution < -0.4 is 5.73 Å². The summed E-state index contributed by atoms with van der Waals surface area (Å²) in [5, 5.41) is 0. The Bertz CT molecular complexity index is 274. The number of amides is 1. The summed E-state index contributed by atoms with van der Waals surface area (Å²) in [5.74, 6) is 1.18. The van der Waals surface area contributed by atoms with E-state index >= 15 is 0 Å². The molecule has 2 unspecified atom stereocenters. The van der Waals surface area contributed by atoms with Crippen LogP contribution >= 0.6 is 0 Å². The molecule has 0 aromatic rings. The van der Waals surface area contributed by atoms with Crippen molar-refractivity contribution in [3.8, 4) is 0 Å². The highest BCUT2D eigenvalue weighted by Crippen LogP contribution is 2.36. The first-order valence-electron chi connectivity index (χ1n) is 7.78. The molecule has 3 nitrogen and oxygen atoms in total.